The first kappa shape index (κ1) is 13.7. The average Bonchev–Trinajstić information content (AvgIpc) is 2.03. The van der Waals surface area contributed by atoms with E-state index in [1.165, 1.54) is 12.0 Å². The molecule has 14 heavy (non-hydrogen) atoms. The van der Waals surface area contributed by atoms with E-state index in [-0.39, 0.29) is 26.3 Å². The standard InChI is InChI=1S/C8H17F2NO3/c1-14-6-7(13)4-11(2-3-12)5-8(9)10/h7-8,12-13H,2-6H2,1H3. The van der Waals surface area contributed by atoms with Gasteiger partial charge in [-0.05, 0) is 0 Å². The Bertz CT molecular complexity index is 138. The third kappa shape index (κ3) is 7.14. The number of hydrogen-bond acceptors (Lipinski definition) is 4. The van der Waals surface area contributed by atoms with E-state index in [2.05, 4.69) is 4.74 Å². The summed E-state index contributed by atoms with van der Waals surface area (Å²) in [4.78, 5) is 1.30. The minimum absolute atomic E-state index is 0.0821. The fraction of sp³-hybridized carbons (Fsp3) is 1.00. The maximum absolute atomic E-state index is 12.0. The Kier molecular flexibility index (Phi) is 7.87. The number of ether oxygens (including phenoxy) is 1. The molecular formula is C8H17F2NO3. The lowest BCUT2D eigenvalue weighted by Crippen LogP contribution is -2.39. The van der Waals surface area contributed by atoms with Gasteiger partial charge in [0.25, 0.3) is 6.43 Å². The number of rotatable bonds is 8. The van der Waals surface area contributed by atoms with Crippen LogP contribution in [0, 0.1) is 0 Å². The molecule has 1 unspecified atom stereocenters. The first-order valence-corrected chi connectivity index (χ1v) is 4.38. The molecule has 0 aliphatic heterocycles. The van der Waals surface area contributed by atoms with Crippen molar-refractivity contribution in [3.63, 3.8) is 0 Å². The SMILES string of the molecule is COCC(O)CN(CCO)CC(F)F. The van der Waals surface area contributed by atoms with Crippen LogP contribution in [-0.2, 0) is 4.74 Å². The van der Waals surface area contributed by atoms with Gasteiger partial charge >= 0.3 is 0 Å². The largest absolute Gasteiger partial charge is 0.395 e. The van der Waals surface area contributed by atoms with Gasteiger partial charge in [0.2, 0.25) is 0 Å². The highest BCUT2D eigenvalue weighted by atomic mass is 19.3. The van der Waals surface area contributed by atoms with Crippen LogP contribution in [0.15, 0.2) is 0 Å². The first-order valence-electron chi connectivity index (χ1n) is 4.38. The molecule has 0 rings (SSSR count). The van der Waals surface area contributed by atoms with Crippen molar-refractivity contribution in [1.82, 2.24) is 4.90 Å². The van der Waals surface area contributed by atoms with Crippen LogP contribution in [0.4, 0.5) is 8.78 Å². The fourth-order valence-electron chi connectivity index (χ4n) is 1.14. The summed E-state index contributed by atoms with van der Waals surface area (Å²) in [7, 11) is 1.42. The zero-order valence-electron chi connectivity index (χ0n) is 8.20. The number of alkyl halides is 2. The fourth-order valence-corrected chi connectivity index (χ4v) is 1.14. The molecule has 0 heterocycles. The van der Waals surface area contributed by atoms with Crippen LogP contribution in [-0.4, -0.2) is 67.6 Å². The van der Waals surface area contributed by atoms with E-state index in [0.717, 1.165) is 0 Å². The second-order valence-electron chi connectivity index (χ2n) is 2.98. The van der Waals surface area contributed by atoms with E-state index in [9.17, 15) is 13.9 Å². The third-order valence-electron chi connectivity index (χ3n) is 1.64. The van der Waals surface area contributed by atoms with Crippen LogP contribution in [0.2, 0.25) is 0 Å². The van der Waals surface area contributed by atoms with Gasteiger partial charge in [0.1, 0.15) is 0 Å². The Hall–Kier alpha value is -0.300. The lowest BCUT2D eigenvalue weighted by atomic mass is 10.3. The second-order valence-corrected chi connectivity index (χ2v) is 2.98. The van der Waals surface area contributed by atoms with Crippen molar-refractivity contribution in [3.05, 3.63) is 0 Å². The molecule has 0 aromatic heterocycles. The molecule has 0 spiro atoms. The highest BCUT2D eigenvalue weighted by molar-refractivity contribution is 4.64. The molecule has 0 aromatic rings. The number of halogens is 2. The van der Waals surface area contributed by atoms with Crippen molar-refractivity contribution in [2.45, 2.75) is 12.5 Å². The number of methoxy groups -OCH3 is 1. The zero-order chi connectivity index (χ0) is 11.0. The van der Waals surface area contributed by atoms with Crippen LogP contribution < -0.4 is 0 Å². The van der Waals surface area contributed by atoms with Gasteiger partial charge in [-0.15, -0.1) is 0 Å². The van der Waals surface area contributed by atoms with Gasteiger partial charge in [0.15, 0.2) is 0 Å². The maximum Gasteiger partial charge on any atom is 0.251 e. The van der Waals surface area contributed by atoms with Crippen molar-refractivity contribution in [2.24, 2.45) is 0 Å². The summed E-state index contributed by atoms with van der Waals surface area (Å²) in [6.07, 6.45) is -3.26. The van der Waals surface area contributed by atoms with Crippen molar-refractivity contribution in [3.8, 4) is 0 Å². The summed E-state index contributed by atoms with van der Waals surface area (Å²) in [6, 6.07) is 0. The summed E-state index contributed by atoms with van der Waals surface area (Å²) in [5.74, 6) is 0. The van der Waals surface area contributed by atoms with Crippen molar-refractivity contribution >= 4 is 0 Å². The number of nitrogens with zero attached hydrogens (tertiary/aromatic N) is 1. The summed E-state index contributed by atoms with van der Waals surface area (Å²) in [5.41, 5.74) is 0. The smallest absolute Gasteiger partial charge is 0.251 e. The van der Waals surface area contributed by atoms with Crippen LogP contribution in [0.5, 0.6) is 0 Å². The van der Waals surface area contributed by atoms with Gasteiger partial charge in [-0.25, -0.2) is 8.78 Å². The van der Waals surface area contributed by atoms with Gasteiger partial charge in [-0.2, -0.15) is 0 Å². The predicted molar refractivity (Wildman–Crippen MR) is 47.4 cm³/mol. The van der Waals surface area contributed by atoms with Crippen molar-refractivity contribution in [1.29, 1.82) is 0 Å². The van der Waals surface area contributed by atoms with Gasteiger partial charge in [-0.1, -0.05) is 0 Å². The highest BCUT2D eigenvalue weighted by Gasteiger charge is 2.15. The highest BCUT2D eigenvalue weighted by Crippen LogP contribution is 1.99. The molecule has 0 aliphatic rings. The normalized spacial score (nSPS) is 13.9. The minimum Gasteiger partial charge on any atom is -0.395 e. The molecule has 0 saturated heterocycles. The van der Waals surface area contributed by atoms with E-state index >= 15 is 0 Å². The average molecular weight is 213 g/mol. The topological polar surface area (TPSA) is 52.9 Å². The molecular weight excluding hydrogens is 196 g/mol. The Morgan fingerprint density at radius 3 is 2.43 bits per heavy atom. The third-order valence-corrected chi connectivity index (χ3v) is 1.64. The molecule has 0 radical (unpaired) electrons. The summed E-state index contributed by atoms with van der Waals surface area (Å²) in [5, 5.41) is 17.9. The monoisotopic (exact) mass is 213 g/mol. The molecule has 0 amide bonds. The molecule has 6 heteroatoms. The quantitative estimate of drug-likeness (QED) is 0.573. The van der Waals surface area contributed by atoms with Gasteiger partial charge in [-0.3, -0.25) is 4.90 Å². The van der Waals surface area contributed by atoms with E-state index in [4.69, 9.17) is 5.11 Å². The van der Waals surface area contributed by atoms with E-state index in [0.29, 0.717) is 0 Å². The van der Waals surface area contributed by atoms with Crippen molar-refractivity contribution < 1.29 is 23.7 Å². The predicted octanol–water partition coefficient (Wildman–Crippen LogP) is -0.447. The van der Waals surface area contributed by atoms with Gasteiger partial charge < -0.3 is 14.9 Å². The Balaban J connectivity index is 3.81. The van der Waals surface area contributed by atoms with Gasteiger partial charge in [0.05, 0.1) is 25.9 Å². The zero-order valence-corrected chi connectivity index (χ0v) is 8.20. The van der Waals surface area contributed by atoms with Crippen LogP contribution in [0.25, 0.3) is 0 Å². The molecule has 86 valence electrons. The Labute approximate surface area is 82.1 Å². The summed E-state index contributed by atoms with van der Waals surface area (Å²) in [6.45, 7) is -0.331. The number of hydrogen-bond donors (Lipinski definition) is 2. The minimum atomic E-state index is -2.46. The lowest BCUT2D eigenvalue weighted by Gasteiger charge is -2.23. The number of aliphatic hydroxyl groups is 2. The van der Waals surface area contributed by atoms with E-state index in [1.54, 1.807) is 0 Å². The molecule has 1 atom stereocenters. The van der Waals surface area contributed by atoms with Crippen molar-refractivity contribution in [2.75, 3.05) is 40.0 Å². The van der Waals surface area contributed by atoms with E-state index < -0.39 is 19.1 Å². The Morgan fingerprint density at radius 2 is 2.00 bits per heavy atom. The van der Waals surface area contributed by atoms with Crippen LogP contribution in [0.1, 0.15) is 0 Å². The summed E-state index contributed by atoms with van der Waals surface area (Å²) >= 11 is 0. The summed E-state index contributed by atoms with van der Waals surface area (Å²) < 4.78 is 28.7. The molecule has 0 bridgehead atoms. The molecule has 2 N–H and O–H groups in total. The molecule has 0 saturated carbocycles. The van der Waals surface area contributed by atoms with E-state index in [1.807, 2.05) is 0 Å². The van der Waals surface area contributed by atoms with Crippen LogP contribution >= 0.6 is 0 Å². The van der Waals surface area contributed by atoms with Gasteiger partial charge in [0, 0.05) is 20.2 Å². The Morgan fingerprint density at radius 1 is 1.36 bits per heavy atom. The molecule has 4 nitrogen and oxygen atoms in total. The molecule has 0 fully saturated rings. The first-order chi connectivity index (χ1) is 6.60. The lowest BCUT2D eigenvalue weighted by molar-refractivity contribution is 0.0138. The number of aliphatic hydroxyl groups excluding tert-OH is 2. The molecule has 0 aromatic carbocycles. The molecule has 0 aliphatic carbocycles. The maximum atomic E-state index is 12.0. The second kappa shape index (κ2) is 8.05. The van der Waals surface area contributed by atoms with Crippen LogP contribution in [0.3, 0.4) is 0 Å².